The molecule has 2 aliphatic rings. The van der Waals surface area contributed by atoms with Gasteiger partial charge in [0.25, 0.3) is 0 Å². The van der Waals surface area contributed by atoms with E-state index in [2.05, 4.69) is 0 Å². The van der Waals surface area contributed by atoms with E-state index < -0.39 is 0 Å². The predicted molar refractivity (Wildman–Crippen MR) is 36.8 cm³/mol. The van der Waals surface area contributed by atoms with Gasteiger partial charge in [-0.15, -0.1) is 0 Å². The molecule has 2 nitrogen and oxygen atoms in total. The van der Waals surface area contributed by atoms with Crippen LogP contribution in [0.1, 0.15) is 32.1 Å². The number of ether oxygens (including phenoxy) is 1. The van der Waals surface area contributed by atoms with Crippen LogP contribution in [0.15, 0.2) is 0 Å². The van der Waals surface area contributed by atoms with Gasteiger partial charge in [-0.3, -0.25) is 4.79 Å². The van der Waals surface area contributed by atoms with Crippen molar-refractivity contribution in [1.29, 1.82) is 0 Å². The Kier molecular flexibility index (Phi) is 1.31. The van der Waals surface area contributed by atoms with E-state index in [1.165, 1.54) is 12.8 Å². The highest BCUT2D eigenvalue weighted by atomic mass is 16.5. The van der Waals surface area contributed by atoms with Crippen LogP contribution in [0.3, 0.4) is 0 Å². The average Bonchev–Trinajstić information content (AvgIpc) is 1.87. The number of rotatable bonds is 0. The molecule has 0 atom stereocenters. The summed E-state index contributed by atoms with van der Waals surface area (Å²) in [6, 6.07) is 0. The molecule has 1 saturated heterocycles. The standard InChI is InChI=1S/C8H12O2/c9-7-5-8(6-7)3-1-2-4-10-8/h1-6H2. The van der Waals surface area contributed by atoms with Gasteiger partial charge >= 0.3 is 0 Å². The van der Waals surface area contributed by atoms with E-state index in [0.717, 1.165) is 13.0 Å². The van der Waals surface area contributed by atoms with Gasteiger partial charge in [0.1, 0.15) is 5.78 Å². The van der Waals surface area contributed by atoms with E-state index in [-0.39, 0.29) is 5.60 Å². The number of hydrogen-bond acceptors (Lipinski definition) is 2. The maximum atomic E-state index is 10.7. The largest absolute Gasteiger partial charge is 0.374 e. The lowest BCUT2D eigenvalue weighted by molar-refractivity contribution is -0.160. The molecule has 10 heavy (non-hydrogen) atoms. The molecule has 2 heteroatoms. The summed E-state index contributed by atoms with van der Waals surface area (Å²) < 4.78 is 5.55. The van der Waals surface area contributed by atoms with Gasteiger partial charge in [-0.05, 0) is 19.3 Å². The molecule has 0 aromatic rings. The Labute approximate surface area is 60.6 Å². The molecule has 2 rings (SSSR count). The van der Waals surface area contributed by atoms with Gasteiger partial charge in [0.2, 0.25) is 0 Å². The minimum atomic E-state index is 0.0231. The van der Waals surface area contributed by atoms with Gasteiger partial charge in [0, 0.05) is 19.4 Å². The lowest BCUT2D eigenvalue weighted by Crippen LogP contribution is -2.48. The molecular weight excluding hydrogens is 128 g/mol. The van der Waals surface area contributed by atoms with Crippen molar-refractivity contribution in [2.45, 2.75) is 37.7 Å². The fourth-order valence-electron chi connectivity index (χ4n) is 1.86. The summed E-state index contributed by atoms with van der Waals surface area (Å²) in [5.41, 5.74) is 0.0231. The molecule has 0 unspecified atom stereocenters. The summed E-state index contributed by atoms with van der Waals surface area (Å²) in [7, 11) is 0. The maximum Gasteiger partial charge on any atom is 0.138 e. The Hall–Kier alpha value is -0.370. The molecule has 0 aromatic heterocycles. The Balaban J connectivity index is 1.96. The quantitative estimate of drug-likeness (QED) is 0.506. The Bertz CT molecular complexity index is 147. The Morgan fingerprint density at radius 1 is 1.30 bits per heavy atom. The van der Waals surface area contributed by atoms with Crippen LogP contribution in [0.5, 0.6) is 0 Å². The molecule has 1 aliphatic heterocycles. The summed E-state index contributed by atoms with van der Waals surface area (Å²) >= 11 is 0. The third kappa shape index (κ3) is 0.870. The normalized spacial score (nSPS) is 30.2. The van der Waals surface area contributed by atoms with Crippen LogP contribution in [-0.4, -0.2) is 18.0 Å². The SMILES string of the molecule is O=C1CC2(CCCCO2)C1. The molecule has 2 fully saturated rings. The molecule has 0 amide bonds. The third-order valence-electron chi connectivity index (χ3n) is 2.47. The number of hydrogen-bond donors (Lipinski definition) is 0. The summed E-state index contributed by atoms with van der Waals surface area (Å²) in [6.45, 7) is 0.868. The number of ketones is 1. The van der Waals surface area contributed by atoms with Gasteiger partial charge in [-0.1, -0.05) is 0 Å². The van der Waals surface area contributed by atoms with Crippen LogP contribution < -0.4 is 0 Å². The minimum absolute atomic E-state index is 0.0231. The van der Waals surface area contributed by atoms with Crippen LogP contribution in [0, 0.1) is 0 Å². The predicted octanol–water partition coefficient (Wildman–Crippen LogP) is 1.29. The zero-order chi connectivity index (χ0) is 7.03. The van der Waals surface area contributed by atoms with E-state index in [1.54, 1.807) is 0 Å². The van der Waals surface area contributed by atoms with Crippen molar-refractivity contribution in [3.8, 4) is 0 Å². The average molecular weight is 140 g/mol. The molecule has 1 aliphatic carbocycles. The smallest absolute Gasteiger partial charge is 0.138 e. The lowest BCUT2D eigenvalue weighted by atomic mass is 9.74. The van der Waals surface area contributed by atoms with Gasteiger partial charge in [0.15, 0.2) is 0 Å². The van der Waals surface area contributed by atoms with Crippen molar-refractivity contribution in [2.75, 3.05) is 6.61 Å². The van der Waals surface area contributed by atoms with Crippen LogP contribution >= 0.6 is 0 Å². The molecule has 56 valence electrons. The molecule has 0 N–H and O–H groups in total. The lowest BCUT2D eigenvalue weighted by Gasteiger charge is -2.43. The minimum Gasteiger partial charge on any atom is -0.374 e. The van der Waals surface area contributed by atoms with Crippen LogP contribution in [0.2, 0.25) is 0 Å². The molecule has 1 spiro atoms. The fourth-order valence-corrected chi connectivity index (χ4v) is 1.86. The molecule has 1 heterocycles. The van der Waals surface area contributed by atoms with Crippen molar-refractivity contribution in [3.05, 3.63) is 0 Å². The van der Waals surface area contributed by atoms with Crippen molar-refractivity contribution in [3.63, 3.8) is 0 Å². The van der Waals surface area contributed by atoms with E-state index >= 15 is 0 Å². The molecule has 0 bridgehead atoms. The van der Waals surface area contributed by atoms with Gasteiger partial charge in [-0.25, -0.2) is 0 Å². The third-order valence-corrected chi connectivity index (χ3v) is 2.47. The zero-order valence-electron chi connectivity index (χ0n) is 6.06. The first-order valence-corrected chi connectivity index (χ1v) is 3.96. The summed E-state index contributed by atoms with van der Waals surface area (Å²) in [5.74, 6) is 0.377. The maximum absolute atomic E-state index is 10.7. The van der Waals surface area contributed by atoms with Crippen molar-refractivity contribution in [2.24, 2.45) is 0 Å². The van der Waals surface area contributed by atoms with E-state index in [4.69, 9.17) is 4.74 Å². The monoisotopic (exact) mass is 140 g/mol. The van der Waals surface area contributed by atoms with E-state index in [9.17, 15) is 4.79 Å². The summed E-state index contributed by atoms with van der Waals surface area (Å²) in [4.78, 5) is 10.7. The number of carbonyl (C=O) groups excluding carboxylic acids is 1. The number of carbonyl (C=O) groups is 1. The first-order chi connectivity index (χ1) is 4.81. The van der Waals surface area contributed by atoms with Gasteiger partial charge in [0.05, 0.1) is 5.60 Å². The highest BCUT2D eigenvalue weighted by Gasteiger charge is 2.45. The highest BCUT2D eigenvalue weighted by Crippen LogP contribution is 2.39. The summed E-state index contributed by atoms with van der Waals surface area (Å²) in [6.07, 6.45) is 4.90. The van der Waals surface area contributed by atoms with Crippen LogP contribution in [0.4, 0.5) is 0 Å². The van der Waals surface area contributed by atoms with Crippen LogP contribution in [0.25, 0.3) is 0 Å². The van der Waals surface area contributed by atoms with Gasteiger partial charge in [-0.2, -0.15) is 0 Å². The zero-order valence-corrected chi connectivity index (χ0v) is 6.06. The van der Waals surface area contributed by atoms with Crippen molar-refractivity contribution < 1.29 is 9.53 Å². The first-order valence-electron chi connectivity index (χ1n) is 3.96. The second-order valence-corrected chi connectivity index (χ2v) is 3.38. The van der Waals surface area contributed by atoms with Crippen molar-refractivity contribution in [1.82, 2.24) is 0 Å². The molecule has 1 saturated carbocycles. The second kappa shape index (κ2) is 2.06. The Morgan fingerprint density at radius 3 is 2.60 bits per heavy atom. The van der Waals surface area contributed by atoms with Crippen molar-refractivity contribution >= 4 is 5.78 Å². The molecule has 0 aromatic carbocycles. The molecule has 0 radical (unpaired) electrons. The Morgan fingerprint density at radius 2 is 2.10 bits per heavy atom. The fraction of sp³-hybridized carbons (Fsp3) is 0.875. The van der Waals surface area contributed by atoms with Crippen LogP contribution in [-0.2, 0) is 9.53 Å². The topological polar surface area (TPSA) is 26.3 Å². The summed E-state index contributed by atoms with van der Waals surface area (Å²) in [5, 5.41) is 0. The number of Topliss-reactive ketones (excluding diaryl/α,β-unsaturated/α-hetero) is 1. The second-order valence-electron chi connectivity index (χ2n) is 3.38. The van der Waals surface area contributed by atoms with Gasteiger partial charge < -0.3 is 4.74 Å². The first kappa shape index (κ1) is 6.35. The van der Waals surface area contributed by atoms with E-state index in [0.29, 0.717) is 18.6 Å². The van der Waals surface area contributed by atoms with E-state index in [1.807, 2.05) is 0 Å². The highest BCUT2D eigenvalue weighted by molar-refractivity contribution is 5.87. The molecular formula is C8H12O2.